The lowest BCUT2D eigenvalue weighted by molar-refractivity contribution is -0.125. The SMILES string of the molecule is C[C@H]1CCCC[C@@H]1NC(=O)COC(=O)c1csc(-c2ccccc2)n1. The smallest absolute Gasteiger partial charge is 0.358 e. The van der Waals surface area contributed by atoms with Crippen molar-refractivity contribution in [3.63, 3.8) is 0 Å². The summed E-state index contributed by atoms with van der Waals surface area (Å²) in [5, 5.41) is 5.39. The van der Waals surface area contributed by atoms with E-state index >= 15 is 0 Å². The minimum Gasteiger partial charge on any atom is -0.451 e. The van der Waals surface area contributed by atoms with Crippen molar-refractivity contribution in [1.82, 2.24) is 10.3 Å². The zero-order valence-corrected chi connectivity index (χ0v) is 15.1. The van der Waals surface area contributed by atoms with E-state index in [2.05, 4.69) is 17.2 Å². The third kappa shape index (κ3) is 4.66. The Hall–Kier alpha value is -2.21. The van der Waals surface area contributed by atoms with Crippen LogP contribution in [0.2, 0.25) is 0 Å². The molecule has 0 unspecified atom stereocenters. The van der Waals surface area contributed by atoms with Gasteiger partial charge in [-0.1, -0.05) is 50.1 Å². The van der Waals surface area contributed by atoms with E-state index < -0.39 is 5.97 Å². The average Bonchev–Trinajstić information content (AvgIpc) is 3.13. The molecule has 1 N–H and O–H groups in total. The van der Waals surface area contributed by atoms with Crippen LogP contribution in [0.4, 0.5) is 0 Å². The van der Waals surface area contributed by atoms with E-state index in [0.29, 0.717) is 5.92 Å². The average molecular weight is 358 g/mol. The van der Waals surface area contributed by atoms with Gasteiger partial charge in [0.05, 0.1) is 0 Å². The van der Waals surface area contributed by atoms with Crippen LogP contribution in [0, 0.1) is 5.92 Å². The minimum atomic E-state index is -0.565. The minimum absolute atomic E-state index is 0.184. The molecule has 1 fully saturated rings. The number of thiazole rings is 1. The maximum absolute atomic E-state index is 12.1. The summed E-state index contributed by atoms with van der Waals surface area (Å²) < 4.78 is 5.11. The zero-order chi connectivity index (χ0) is 17.6. The van der Waals surface area contributed by atoms with Crippen molar-refractivity contribution in [2.75, 3.05) is 6.61 Å². The molecule has 2 atom stereocenters. The summed E-state index contributed by atoms with van der Waals surface area (Å²) in [6.07, 6.45) is 4.48. The first-order chi connectivity index (χ1) is 12.1. The molecule has 0 saturated heterocycles. The van der Waals surface area contributed by atoms with Crippen molar-refractivity contribution in [1.29, 1.82) is 0 Å². The van der Waals surface area contributed by atoms with Gasteiger partial charge in [-0.3, -0.25) is 4.79 Å². The Morgan fingerprint density at radius 3 is 2.76 bits per heavy atom. The van der Waals surface area contributed by atoms with Crippen LogP contribution in [0.1, 0.15) is 43.1 Å². The lowest BCUT2D eigenvalue weighted by Gasteiger charge is -2.29. The van der Waals surface area contributed by atoms with Gasteiger partial charge in [-0.05, 0) is 18.8 Å². The Morgan fingerprint density at radius 2 is 2.00 bits per heavy atom. The van der Waals surface area contributed by atoms with Crippen molar-refractivity contribution in [2.45, 2.75) is 38.6 Å². The van der Waals surface area contributed by atoms with Crippen LogP contribution in [0.3, 0.4) is 0 Å². The third-order valence-corrected chi connectivity index (χ3v) is 5.42. The first-order valence-corrected chi connectivity index (χ1v) is 9.49. The summed E-state index contributed by atoms with van der Waals surface area (Å²) in [7, 11) is 0. The summed E-state index contributed by atoms with van der Waals surface area (Å²) in [6.45, 7) is 1.89. The number of amides is 1. The van der Waals surface area contributed by atoms with Crippen molar-refractivity contribution in [2.24, 2.45) is 5.92 Å². The number of ether oxygens (including phenoxy) is 1. The Balaban J connectivity index is 1.51. The lowest BCUT2D eigenvalue weighted by atomic mass is 9.86. The van der Waals surface area contributed by atoms with E-state index in [-0.39, 0.29) is 24.2 Å². The standard InChI is InChI=1S/C19H22N2O3S/c1-13-7-5-6-10-15(13)20-17(22)11-24-19(23)16-12-25-18(21-16)14-8-3-2-4-9-14/h2-4,8-9,12-13,15H,5-7,10-11H2,1H3,(H,20,22)/t13-,15-/m0/s1. The molecule has 1 aliphatic carbocycles. The van der Waals surface area contributed by atoms with Crippen molar-refractivity contribution in [3.05, 3.63) is 41.4 Å². The molecule has 1 heterocycles. The predicted molar refractivity (Wildman–Crippen MR) is 97.4 cm³/mol. The highest BCUT2D eigenvalue weighted by atomic mass is 32.1. The normalized spacial score (nSPS) is 20.0. The quantitative estimate of drug-likeness (QED) is 0.828. The van der Waals surface area contributed by atoms with E-state index in [0.717, 1.165) is 29.8 Å². The molecule has 1 amide bonds. The van der Waals surface area contributed by atoms with Crippen molar-refractivity contribution >= 4 is 23.2 Å². The van der Waals surface area contributed by atoms with Gasteiger partial charge in [-0.25, -0.2) is 9.78 Å². The van der Waals surface area contributed by atoms with Gasteiger partial charge in [0.15, 0.2) is 12.3 Å². The van der Waals surface area contributed by atoms with Crippen LogP contribution in [0.5, 0.6) is 0 Å². The van der Waals surface area contributed by atoms with E-state index in [9.17, 15) is 9.59 Å². The molecule has 6 heteroatoms. The molecule has 3 rings (SSSR count). The number of esters is 1. The first-order valence-electron chi connectivity index (χ1n) is 8.61. The third-order valence-electron chi connectivity index (χ3n) is 4.53. The number of hydrogen-bond donors (Lipinski definition) is 1. The van der Waals surface area contributed by atoms with Crippen LogP contribution < -0.4 is 5.32 Å². The summed E-state index contributed by atoms with van der Waals surface area (Å²) in [4.78, 5) is 28.4. The maximum atomic E-state index is 12.1. The number of benzene rings is 1. The molecule has 0 bridgehead atoms. The van der Waals surface area contributed by atoms with Gasteiger partial charge in [-0.2, -0.15) is 0 Å². The van der Waals surface area contributed by atoms with Crippen molar-refractivity contribution < 1.29 is 14.3 Å². The number of aromatic nitrogens is 1. The molecule has 25 heavy (non-hydrogen) atoms. The molecule has 132 valence electrons. The topological polar surface area (TPSA) is 68.3 Å². The predicted octanol–water partition coefficient (Wildman–Crippen LogP) is 3.66. The van der Waals surface area contributed by atoms with Gasteiger partial charge in [0.25, 0.3) is 5.91 Å². The fourth-order valence-corrected chi connectivity index (χ4v) is 3.86. The molecule has 5 nitrogen and oxygen atoms in total. The highest BCUT2D eigenvalue weighted by molar-refractivity contribution is 7.13. The zero-order valence-electron chi connectivity index (χ0n) is 14.2. The molecular weight excluding hydrogens is 336 g/mol. The fourth-order valence-electron chi connectivity index (χ4n) is 3.06. The van der Waals surface area contributed by atoms with Crippen LogP contribution in [-0.2, 0) is 9.53 Å². The van der Waals surface area contributed by atoms with E-state index in [1.807, 2.05) is 30.3 Å². The monoisotopic (exact) mass is 358 g/mol. The van der Waals surface area contributed by atoms with Gasteiger partial charge >= 0.3 is 5.97 Å². The van der Waals surface area contributed by atoms with Crippen molar-refractivity contribution in [3.8, 4) is 10.6 Å². The summed E-state index contributed by atoms with van der Waals surface area (Å²) in [5.74, 6) is -0.337. The van der Waals surface area contributed by atoms with Gasteiger partial charge in [0.1, 0.15) is 5.01 Å². The molecule has 1 saturated carbocycles. The number of hydrogen-bond acceptors (Lipinski definition) is 5. The van der Waals surface area contributed by atoms with Gasteiger partial charge in [-0.15, -0.1) is 11.3 Å². The van der Waals surface area contributed by atoms with E-state index in [4.69, 9.17) is 4.74 Å². The summed E-state index contributed by atoms with van der Waals surface area (Å²) >= 11 is 1.38. The Labute approximate surface area is 151 Å². The largest absolute Gasteiger partial charge is 0.451 e. The van der Waals surface area contributed by atoms with Gasteiger partial charge in [0, 0.05) is 17.0 Å². The Bertz CT molecular complexity index is 729. The molecule has 0 spiro atoms. The van der Waals surface area contributed by atoms with E-state index in [1.165, 1.54) is 17.8 Å². The highest BCUT2D eigenvalue weighted by Gasteiger charge is 2.23. The number of nitrogens with zero attached hydrogens (tertiary/aromatic N) is 1. The number of carbonyl (C=O) groups is 2. The second kappa shape index (κ2) is 8.25. The summed E-state index contributed by atoms with van der Waals surface area (Å²) in [6, 6.07) is 9.83. The maximum Gasteiger partial charge on any atom is 0.358 e. The number of nitrogens with one attached hydrogen (secondary N) is 1. The highest BCUT2D eigenvalue weighted by Crippen LogP contribution is 2.24. The van der Waals surface area contributed by atoms with Crippen LogP contribution >= 0.6 is 11.3 Å². The van der Waals surface area contributed by atoms with Crippen LogP contribution in [0.25, 0.3) is 10.6 Å². The lowest BCUT2D eigenvalue weighted by Crippen LogP contribution is -2.42. The molecule has 1 aromatic heterocycles. The first kappa shape index (κ1) is 17.6. The Kier molecular flexibility index (Phi) is 5.81. The number of carbonyl (C=O) groups excluding carboxylic acids is 2. The molecule has 0 radical (unpaired) electrons. The second-order valence-electron chi connectivity index (χ2n) is 6.42. The van der Waals surface area contributed by atoms with Crippen LogP contribution in [0.15, 0.2) is 35.7 Å². The molecule has 1 aromatic carbocycles. The molecule has 2 aromatic rings. The molecule has 0 aliphatic heterocycles. The number of rotatable bonds is 5. The van der Waals surface area contributed by atoms with E-state index in [1.54, 1.807) is 5.38 Å². The second-order valence-corrected chi connectivity index (χ2v) is 7.27. The summed E-state index contributed by atoms with van der Waals surface area (Å²) in [5.41, 5.74) is 1.19. The van der Waals surface area contributed by atoms with Gasteiger partial charge < -0.3 is 10.1 Å². The molecular formula is C19H22N2O3S. The van der Waals surface area contributed by atoms with Gasteiger partial charge in [0.2, 0.25) is 0 Å². The molecule has 1 aliphatic rings. The van der Waals surface area contributed by atoms with Crippen LogP contribution in [-0.4, -0.2) is 29.5 Å². The fraction of sp³-hybridized carbons (Fsp3) is 0.421. The Morgan fingerprint density at radius 1 is 1.24 bits per heavy atom.